The normalized spacial score (nSPS) is 11.1. The summed E-state index contributed by atoms with van der Waals surface area (Å²) < 4.78 is 46.0. The van der Waals surface area contributed by atoms with E-state index in [1.165, 1.54) is 36.4 Å². The Morgan fingerprint density at radius 3 is 2.33 bits per heavy atom. The highest BCUT2D eigenvalue weighted by atomic mass is 32.2. The molecule has 0 spiro atoms. The van der Waals surface area contributed by atoms with E-state index in [0.717, 1.165) is 17.7 Å². The number of sulfonamides is 1. The average molecular weight is 427 g/mol. The van der Waals surface area contributed by atoms with Gasteiger partial charge in [-0.1, -0.05) is 48.5 Å². The summed E-state index contributed by atoms with van der Waals surface area (Å²) in [7, 11) is -3.87. The number of esters is 1. The maximum atomic E-state index is 13.6. The smallest absolute Gasteiger partial charge is 0.338 e. The number of hydrogen-bond acceptors (Lipinski definition) is 5. The molecule has 3 rings (SSSR count). The molecule has 0 unspecified atom stereocenters. The van der Waals surface area contributed by atoms with Crippen molar-refractivity contribution in [2.24, 2.45) is 0 Å². The molecular formula is C22H18FNO5S. The van der Waals surface area contributed by atoms with Crippen molar-refractivity contribution in [3.63, 3.8) is 0 Å². The Balaban J connectivity index is 1.66. The number of ketones is 1. The number of hydrogen-bond donors (Lipinski definition) is 1. The number of Topliss-reactive ketones (excluding diaryl/α,β-unsaturated/α-hetero) is 1. The van der Waals surface area contributed by atoms with Crippen LogP contribution in [0, 0.1) is 5.82 Å². The fourth-order valence-electron chi connectivity index (χ4n) is 2.63. The Morgan fingerprint density at radius 2 is 1.60 bits per heavy atom. The van der Waals surface area contributed by atoms with Gasteiger partial charge in [-0.2, -0.15) is 0 Å². The molecular weight excluding hydrogens is 409 g/mol. The Bertz CT molecular complexity index is 1160. The van der Waals surface area contributed by atoms with Crippen molar-refractivity contribution < 1.29 is 27.1 Å². The molecule has 0 radical (unpaired) electrons. The highest BCUT2D eigenvalue weighted by Crippen LogP contribution is 2.14. The number of ether oxygens (including phenoxy) is 1. The third-order valence-corrected chi connectivity index (χ3v) is 5.60. The molecule has 0 aromatic heterocycles. The zero-order chi connectivity index (χ0) is 21.6. The second-order valence-electron chi connectivity index (χ2n) is 6.32. The second kappa shape index (κ2) is 9.43. The number of halogens is 1. The van der Waals surface area contributed by atoms with Crippen LogP contribution >= 0.6 is 0 Å². The van der Waals surface area contributed by atoms with Gasteiger partial charge in [0.25, 0.3) is 0 Å². The molecule has 8 heteroatoms. The van der Waals surface area contributed by atoms with Gasteiger partial charge < -0.3 is 4.74 Å². The lowest BCUT2D eigenvalue weighted by Gasteiger charge is -2.09. The van der Waals surface area contributed by atoms with E-state index >= 15 is 0 Å². The van der Waals surface area contributed by atoms with E-state index in [0.29, 0.717) is 0 Å². The molecule has 0 saturated heterocycles. The van der Waals surface area contributed by atoms with Gasteiger partial charge >= 0.3 is 5.97 Å². The van der Waals surface area contributed by atoms with E-state index in [1.807, 2.05) is 6.07 Å². The Morgan fingerprint density at radius 1 is 0.900 bits per heavy atom. The molecule has 154 valence electrons. The third kappa shape index (κ3) is 5.37. The molecule has 0 bridgehead atoms. The van der Waals surface area contributed by atoms with Gasteiger partial charge in [-0.05, 0) is 35.9 Å². The lowest BCUT2D eigenvalue weighted by Crippen LogP contribution is -2.23. The van der Waals surface area contributed by atoms with Gasteiger partial charge in [0.15, 0.2) is 6.61 Å². The number of nitrogens with one attached hydrogen (secondary N) is 1. The first kappa shape index (κ1) is 21.4. The zero-order valence-corrected chi connectivity index (χ0v) is 16.6. The summed E-state index contributed by atoms with van der Waals surface area (Å²) in [6, 6.07) is 19.6. The zero-order valence-electron chi connectivity index (χ0n) is 15.7. The number of carbonyl (C=O) groups excluding carboxylic acids is 2. The summed E-state index contributed by atoms with van der Waals surface area (Å²) in [6.45, 7) is -0.571. The fourth-order valence-corrected chi connectivity index (χ4v) is 3.69. The molecule has 0 aliphatic carbocycles. The number of rotatable bonds is 8. The van der Waals surface area contributed by atoms with Crippen molar-refractivity contribution in [1.29, 1.82) is 0 Å². The highest BCUT2D eigenvalue weighted by Gasteiger charge is 2.18. The van der Waals surface area contributed by atoms with Crippen LogP contribution in [0.5, 0.6) is 0 Å². The van der Waals surface area contributed by atoms with Gasteiger partial charge in [0, 0.05) is 6.54 Å². The maximum Gasteiger partial charge on any atom is 0.338 e. The second-order valence-corrected chi connectivity index (χ2v) is 8.08. The van der Waals surface area contributed by atoms with Crippen LogP contribution in [-0.4, -0.2) is 26.8 Å². The van der Waals surface area contributed by atoms with E-state index in [2.05, 4.69) is 4.72 Å². The van der Waals surface area contributed by atoms with Crippen LogP contribution < -0.4 is 4.72 Å². The largest absolute Gasteiger partial charge is 0.454 e. The predicted molar refractivity (Wildman–Crippen MR) is 108 cm³/mol. The molecule has 0 fully saturated rings. The van der Waals surface area contributed by atoms with Crippen LogP contribution in [0.25, 0.3) is 0 Å². The molecule has 6 nitrogen and oxygen atoms in total. The van der Waals surface area contributed by atoms with E-state index in [1.54, 1.807) is 24.3 Å². The van der Waals surface area contributed by atoms with Gasteiger partial charge in [-0.15, -0.1) is 0 Å². The minimum Gasteiger partial charge on any atom is -0.454 e. The maximum absolute atomic E-state index is 13.6. The SMILES string of the molecule is O=C(OCC(=O)c1ccccc1F)c1cccc(S(=O)(=O)NCc2ccccc2)c1. The monoisotopic (exact) mass is 427 g/mol. The summed E-state index contributed by atoms with van der Waals surface area (Å²) in [5, 5.41) is 0. The van der Waals surface area contributed by atoms with Gasteiger partial charge in [-0.3, -0.25) is 4.79 Å². The van der Waals surface area contributed by atoms with Crippen LogP contribution in [0.4, 0.5) is 4.39 Å². The van der Waals surface area contributed by atoms with E-state index in [4.69, 9.17) is 4.74 Å². The van der Waals surface area contributed by atoms with Crippen molar-refractivity contribution in [2.75, 3.05) is 6.61 Å². The predicted octanol–water partition coefficient (Wildman–Crippen LogP) is 3.34. The van der Waals surface area contributed by atoms with Crippen LogP contribution in [0.2, 0.25) is 0 Å². The Kier molecular flexibility index (Phi) is 6.71. The van der Waals surface area contributed by atoms with Gasteiger partial charge in [0.1, 0.15) is 5.82 Å². The van der Waals surface area contributed by atoms with E-state index in [9.17, 15) is 22.4 Å². The van der Waals surface area contributed by atoms with Crippen molar-refractivity contribution >= 4 is 21.8 Å². The molecule has 0 aliphatic heterocycles. The van der Waals surface area contributed by atoms with E-state index < -0.39 is 34.2 Å². The molecule has 0 aliphatic rings. The Labute approximate surface area is 173 Å². The average Bonchev–Trinajstić information content (AvgIpc) is 2.77. The quantitative estimate of drug-likeness (QED) is 0.440. The molecule has 3 aromatic carbocycles. The molecule has 0 amide bonds. The van der Waals surface area contributed by atoms with Crippen molar-refractivity contribution in [1.82, 2.24) is 4.72 Å². The summed E-state index contributed by atoms with van der Waals surface area (Å²) in [6.07, 6.45) is 0. The highest BCUT2D eigenvalue weighted by molar-refractivity contribution is 7.89. The summed E-state index contributed by atoms with van der Waals surface area (Å²) in [5.41, 5.74) is 0.550. The molecule has 1 N–H and O–H groups in total. The van der Waals surface area contributed by atoms with Gasteiger partial charge in [-0.25, -0.2) is 22.3 Å². The minimum absolute atomic E-state index is 0.0427. The topological polar surface area (TPSA) is 89.5 Å². The van der Waals surface area contributed by atoms with Gasteiger partial charge in [0.2, 0.25) is 15.8 Å². The summed E-state index contributed by atoms with van der Waals surface area (Å²) in [4.78, 5) is 24.1. The van der Waals surface area contributed by atoms with Crippen LogP contribution in [0.3, 0.4) is 0 Å². The number of benzene rings is 3. The fraction of sp³-hybridized carbons (Fsp3) is 0.0909. The van der Waals surface area contributed by atoms with E-state index in [-0.39, 0.29) is 22.6 Å². The molecule has 0 heterocycles. The molecule has 0 saturated carbocycles. The first-order valence-corrected chi connectivity index (χ1v) is 10.4. The van der Waals surface area contributed by atoms with Crippen LogP contribution in [0.1, 0.15) is 26.3 Å². The number of carbonyl (C=O) groups is 2. The van der Waals surface area contributed by atoms with Crippen molar-refractivity contribution in [2.45, 2.75) is 11.4 Å². The summed E-state index contributed by atoms with van der Waals surface area (Å²) >= 11 is 0. The first-order valence-electron chi connectivity index (χ1n) is 8.95. The van der Waals surface area contributed by atoms with Crippen LogP contribution in [0.15, 0.2) is 83.8 Å². The molecule has 30 heavy (non-hydrogen) atoms. The standard InChI is InChI=1S/C22H18FNO5S/c23-20-12-5-4-11-19(20)21(25)15-29-22(26)17-9-6-10-18(13-17)30(27,28)24-14-16-7-2-1-3-8-16/h1-13,24H,14-15H2. The Hall–Kier alpha value is -3.36. The third-order valence-electron chi connectivity index (χ3n) is 4.20. The van der Waals surface area contributed by atoms with Gasteiger partial charge in [0.05, 0.1) is 16.0 Å². The van der Waals surface area contributed by atoms with Crippen LogP contribution in [-0.2, 0) is 21.3 Å². The lowest BCUT2D eigenvalue weighted by molar-refractivity contribution is 0.0473. The lowest BCUT2D eigenvalue weighted by atomic mass is 10.1. The first-order chi connectivity index (χ1) is 14.4. The molecule has 3 aromatic rings. The van der Waals surface area contributed by atoms with Crippen molar-refractivity contribution in [3.05, 3.63) is 101 Å². The summed E-state index contributed by atoms with van der Waals surface area (Å²) in [5.74, 6) is -2.30. The minimum atomic E-state index is -3.87. The van der Waals surface area contributed by atoms with Crippen molar-refractivity contribution in [3.8, 4) is 0 Å². The molecule has 0 atom stereocenters.